The van der Waals surface area contributed by atoms with Crippen LogP contribution in [0.15, 0.2) is 48.5 Å². The molecule has 1 aliphatic heterocycles. The highest BCUT2D eigenvalue weighted by molar-refractivity contribution is 5.97. The van der Waals surface area contributed by atoms with E-state index in [0.717, 1.165) is 6.42 Å². The summed E-state index contributed by atoms with van der Waals surface area (Å²) >= 11 is 0. The molecule has 7 nitrogen and oxygen atoms in total. The molecule has 3 rings (SSSR count). The monoisotopic (exact) mass is 370 g/mol. The van der Waals surface area contributed by atoms with E-state index in [9.17, 15) is 9.59 Å². The average Bonchev–Trinajstić information content (AvgIpc) is 2.92. The zero-order valence-corrected chi connectivity index (χ0v) is 15.1. The standard InChI is InChI=1S/C20H22N2O5/c1-14(21-19(23)13-27-16-6-3-2-4-7-16)20(24)22-15-8-9-17-18(12-15)26-11-5-10-25-17/h2-4,6-9,12,14H,5,10-11,13H2,1H3,(H,21,23)(H,22,24)/t14-/m1/s1. The number of para-hydroxylation sites is 1. The summed E-state index contributed by atoms with van der Waals surface area (Å²) in [5.41, 5.74) is 0.575. The second-order valence-corrected chi connectivity index (χ2v) is 6.09. The Bertz CT molecular complexity index is 794. The van der Waals surface area contributed by atoms with Crippen LogP contribution in [-0.4, -0.2) is 37.7 Å². The minimum atomic E-state index is -0.715. The van der Waals surface area contributed by atoms with Crippen molar-refractivity contribution in [3.8, 4) is 17.2 Å². The summed E-state index contributed by atoms with van der Waals surface area (Å²) in [5, 5.41) is 5.37. The summed E-state index contributed by atoms with van der Waals surface area (Å²) in [6.45, 7) is 2.62. The van der Waals surface area contributed by atoms with Crippen molar-refractivity contribution in [2.45, 2.75) is 19.4 Å². The smallest absolute Gasteiger partial charge is 0.258 e. The Kier molecular flexibility index (Phi) is 6.14. The summed E-state index contributed by atoms with van der Waals surface area (Å²) in [4.78, 5) is 24.3. The third-order valence-corrected chi connectivity index (χ3v) is 3.90. The molecule has 2 aromatic rings. The van der Waals surface area contributed by atoms with Crippen molar-refractivity contribution in [3.05, 3.63) is 48.5 Å². The molecule has 0 saturated heterocycles. The van der Waals surface area contributed by atoms with Crippen LogP contribution < -0.4 is 24.8 Å². The van der Waals surface area contributed by atoms with E-state index in [1.165, 1.54) is 0 Å². The van der Waals surface area contributed by atoms with Crippen LogP contribution in [-0.2, 0) is 9.59 Å². The molecule has 2 N–H and O–H groups in total. The lowest BCUT2D eigenvalue weighted by molar-refractivity contribution is -0.127. The number of amides is 2. The number of ether oxygens (including phenoxy) is 3. The van der Waals surface area contributed by atoms with Gasteiger partial charge in [0.1, 0.15) is 11.8 Å². The topological polar surface area (TPSA) is 85.9 Å². The molecule has 0 aliphatic carbocycles. The number of nitrogens with one attached hydrogen (secondary N) is 2. The van der Waals surface area contributed by atoms with Gasteiger partial charge in [-0.25, -0.2) is 0 Å². The van der Waals surface area contributed by atoms with Crippen LogP contribution >= 0.6 is 0 Å². The molecule has 0 spiro atoms. The fourth-order valence-electron chi connectivity index (χ4n) is 2.51. The molecule has 27 heavy (non-hydrogen) atoms. The van der Waals surface area contributed by atoms with E-state index in [2.05, 4.69) is 10.6 Å². The second kappa shape index (κ2) is 8.93. The van der Waals surface area contributed by atoms with Crippen LogP contribution in [0.25, 0.3) is 0 Å². The van der Waals surface area contributed by atoms with Gasteiger partial charge in [-0.1, -0.05) is 18.2 Å². The highest BCUT2D eigenvalue weighted by Crippen LogP contribution is 2.32. The van der Waals surface area contributed by atoms with Gasteiger partial charge in [-0.05, 0) is 31.2 Å². The normalized spacial score (nSPS) is 13.8. The van der Waals surface area contributed by atoms with Crippen molar-refractivity contribution < 1.29 is 23.8 Å². The van der Waals surface area contributed by atoms with Gasteiger partial charge in [-0.3, -0.25) is 9.59 Å². The Balaban J connectivity index is 1.50. The van der Waals surface area contributed by atoms with Gasteiger partial charge in [-0.15, -0.1) is 0 Å². The average molecular weight is 370 g/mol. The van der Waals surface area contributed by atoms with Crippen molar-refractivity contribution in [2.75, 3.05) is 25.1 Å². The highest BCUT2D eigenvalue weighted by atomic mass is 16.5. The highest BCUT2D eigenvalue weighted by Gasteiger charge is 2.17. The van der Waals surface area contributed by atoms with Crippen LogP contribution in [0.3, 0.4) is 0 Å². The Labute approximate surface area is 157 Å². The van der Waals surface area contributed by atoms with Crippen LogP contribution in [0.5, 0.6) is 17.2 Å². The van der Waals surface area contributed by atoms with Gasteiger partial charge in [0.05, 0.1) is 13.2 Å². The van der Waals surface area contributed by atoms with Gasteiger partial charge >= 0.3 is 0 Å². The van der Waals surface area contributed by atoms with E-state index in [-0.39, 0.29) is 18.4 Å². The van der Waals surface area contributed by atoms with E-state index in [4.69, 9.17) is 14.2 Å². The number of carbonyl (C=O) groups excluding carboxylic acids is 2. The Hall–Kier alpha value is -3.22. The Morgan fingerprint density at radius 2 is 1.81 bits per heavy atom. The summed E-state index contributed by atoms with van der Waals surface area (Å²) < 4.78 is 16.5. The fraction of sp³-hybridized carbons (Fsp3) is 0.300. The molecule has 0 bridgehead atoms. The molecule has 1 atom stereocenters. The van der Waals surface area contributed by atoms with Gasteiger partial charge in [0.25, 0.3) is 5.91 Å². The molecule has 1 heterocycles. The third-order valence-electron chi connectivity index (χ3n) is 3.90. The van der Waals surface area contributed by atoms with Crippen molar-refractivity contribution >= 4 is 17.5 Å². The minimum absolute atomic E-state index is 0.161. The van der Waals surface area contributed by atoms with Crippen LogP contribution in [0, 0.1) is 0 Å². The molecule has 0 unspecified atom stereocenters. The number of fused-ring (bicyclic) bond motifs is 1. The Morgan fingerprint density at radius 1 is 1.07 bits per heavy atom. The third kappa shape index (κ3) is 5.37. The lowest BCUT2D eigenvalue weighted by Crippen LogP contribution is -2.43. The molecule has 1 aliphatic rings. The van der Waals surface area contributed by atoms with Gasteiger partial charge < -0.3 is 24.8 Å². The van der Waals surface area contributed by atoms with Crippen LogP contribution in [0.2, 0.25) is 0 Å². The quantitative estimate of drug-likeness (QED) is 0.815. The predicted molar refractivity (Wildman–Crippen MR) is 100 cm³/mol. The lowest BCUT2D eigenvalue weighted by atomic mass is 10.2. The number of carbonyl (C=O) groups is 2. The fourth-order valence-corrected chi connectivity index (χ4v) is 2.51. The first-order valence-corrected chi connectivity index (χ1v) is 8.79. The first-order valence-electron chi connectivity index (χ1n) is 8.79. The maximum absolute atomic E-state index is 12.3. The van der Waals surface area contributed by atoms with E-state index in [1.807, 2.05) is 18.2 Å². The largest absolute Gasteiger partial charge is 0.490 e. The van der Waals surface area contributed by atoms with E-state index in [0.29, 0.717) is 36.1 Å². The zero-order chi connectivity index (χ0) is 19.1. The van der Waals surface area contributed by atoms with Gasteiger partial charge in [0, 0.05) is 18.2 Å². The molecule has 142 valence electrons. The summed E-state index contributed by atoms with van der Waals surface area (Å²) in [6.07, 6.45) is 0.810. The zero-order valence-electron chi connectivity index (χ0n) is 15.1. The molecule has 0 aromatic heterocycles. The van der Waals surface area contributed by atoms with Crippen LogP contribution in [0.1, 0.15) is 13.3 Å². The summed E-state index contributed by atoms with van der Waals surface area (Å²) in [5.74, 6) is 1.14. The first kappa shape index (κ1) is 18.6. The lowest BCUT2D eigenvalue weighted by Gasteiger charge is -2.15. The molecule has 0 fully saturated rings. The van der Waals surface area contributed by atoms with Gasteiger partial charge in [0.2, 0.25) is 5.91 Å². The number of rotatable bonds is 6. The van der Waals surface area contributed by atoms with Crippen molar-refractivity contribution in [1.29, 1.82) is 0 Å². The van der Waals surface area contributed by atoms with Crippen molar-refractivity contribution in [3.63, 3.8) is 0 Å². The number of anilines is 1. The minimum Gasteiger partial charge on any atom is -0.490 e. The summed E-state index contributed by atoms with van der Waals surface area (Å²) in [6, 6.07) is 13.5. The second-order valence-electron chi connectivity index (χ2n) is 6.09. The molecule has 0 radical (unpaired) electrons. The molecule has 7 heteroatoms. The van der Waals surface area contributed by atoms with E-state index in [1.54, 1.807) is 37.3 Å². The number of benzene rings is 2. The molecule has 2 amide bonds. The SMILES string of the molecule is C[C@@H](NC(=O)COc1ccccc1)C(=O)Nc1ccc2c(c1)OCCCO2. The van der Waals surface area contributed by atoms with E-state index < -0.39 is 6.04 Å². The summed E-state index contributed by atoms with van der Waals surface area (Å²) in [7, 11) is 0. The Morgan fingerprint density at radius 3 is 2.59 bits per heavy atom. The molecular formula is C20H22N2O5. The number of hydrogen-bond donors (Lipinski definition) is 2. The van der Waals surface area contributed by atoms with Crippen molar-refractivity contribution in [1.82, 2.24) is 5.32 Å². The maximum Gasteiger partial charge on any atom is 0.258 e. The van der Waals surface area contributed by atoms with E-state index >= 15 is 0 Å². The van der Waals surface area contributed by atoms with Crippen LogP contribution in [0.4, 0.5) is 5.69 Å². The molecule has 2 aromatic carbocycles. The molecular weight excluding hydrogens is 348 g/mol. The van der Waals surface area contributed by atoms with Crippen molar-refractivity contribution in [2.24, 2.45) is 0 Å². The van der Waals surface area contributed by atoms with Gasteiger partial charge in [0.15, 0.2) is 18.1 Å². The van der Waals surface area contributed by atoms with Gasteiger partial charge in [-0.2, -0.15) is 0 Å². The number of hydrogen-bond acceptors (Lipinski definition) is 5. The molecule has 0 saturated carbocycles. The maximum atomic E-state index is 12.3. The predicted octanol–water partition coefficient (Wildman–Crippen LogP) is 2.37. The first-order chi connectivity index (χ1) is 13.1.